The summed E-state index contributed by atoms with van der Waals surface area (Å²) in [5.41, 5.74) is 0. The van der Waals surface area contributed by atoms with Crippen molar-refractivity contribution >= 4 is 11.9 Å². The molecule has 0 N–H and O–H groups in total. The minimum Gasteiger partial charge on any atom is -0.465 e. The monoisotopic (exact) mass is 988 g/mol. The van der Waals surface area contributed by atoms with Crippen LogP contribution in [0.25, 0.3) is 0 Å². The molecule has 0 fully saturated rings. The minimum atomic E-state index is 0.0944. The molecule has 5 nitrogen and oxygen atoms in total. The average molecular weight is 989 g/mol. The first-order chi connectivity index (χ1) is 34.5. The van der Waals surface area contributed by atoms with Gasteiger partial charge < -0.3 is 14.4 Å². The molecule has 0 saturated carbocycles. The molecule has 70 heavy (non-hydrogen) atoms. The zero-order chi connectivity index (χ0) is 50.9. The lowest BCUT2D eigenvalue weighted by Crippen LogP contribution is -2.27. The van der Waals surface area contributed by atoms with E-state index in [-0.39, 0.29) is 23.8 Å². The Morgan fingerprint density at radius 3 is 0.700 bits per heavy atom. The summed E-state index contributed by atoms with van der Waals surface area (Å²) in [4.78, 5) is 29.4. The van der Waals surface area contributed by atoms with E-state index in [1.807, 2.05) is 0 Å². The molecule has 2 unspecified atom stereocenters. The molecule has 0 aromatic carbocycles. The van der Waals surface area contributed by atoms with Crippen molar-refractivity contribution in [3.8, 4) is 0 Å². The molecule has 0 aliphatic heterocycles. The normalized spacial score (nSPS) is 12.5. The molecule has 0 saturated heterocycles. The summed E-state index contributed by atoms with van der Waals surface area (Å²) < 4.78 is 12.0. The standard InChI is InChI=1S/C65H129NO4/c1-6-11-16-20-24-28-30-34-38-46-55-62(53-44-36-32-26-22-18-13-8-3)64(67)69-60-51-42-40-49-58-66(57-48-15-10-5)59-50-41-43-52-61-70-65(68)63(54-45-37-33-27-23-19-14-9-4)56-47-39-35-31-29-25-21-17-12-7-2/h62-63H,6-61H2,1-5H3. The number of carbonyl (C=O) groups excluding carboxylic acids is 2. The molecule has 0 aromatic heterocycles. The second-order valence-electron chi connectivity index (χ2n) is 22.6. The van der Waals surface area contributed by atoms with E-state index in [4.69, 9.17) is 9.47 Å². The SMILES string of the molecule is CCCCCCCCCCCCC(CCCCCCCCCC)C(=O)OCCCCCCN(CCCCC)CCCCCCOC(=O)C(CCCCCCCCCC)CCCCCCCCCCCC. The van der Waals surface area contributed by atoms with E-state index in [0.29, 0.717) is 13.2 Å². The first kappa shape index (κ1) is 68.9. The van der Waals surface area contributed by atoms with Gasteiger partial charge in [-0.3, -0.25) is 9.59 Å². The van der Waals surface area contributed by atoms with Crippen LogP contribution in [0.15, 0.2) is 0 Å². The predicted octanol–water partition coefficient (Wildman–Crippen LogP) is 21.6. The van der Waals surface area contributed by atoms with Crippen LogP contribution in [-0.4, -0.2) is 49.7 Å². The van der Waals surface area contributed by atoms with Crippen molar-refractivity contribution in [1.82, 2.24) is 4.90 Å². The van der Waals surface area contributed by atoms with Crippen LogP contribution in [0.5, 0.6) is 0 Å². The highest BCUT2D eigenvalue weighted by Crippen LogP contribution is 2.24. The Morgan fingerprint density at radius 2 is 0.443 bits per heavy atom. The molecule has 0 radical (unpaired) electrons. The summed E-state index contributed by atoms with van der Waals surface area (Å²) in [5.74, 6) is 0.396. The third-order valence-corrected chi connectivity index (χ3v) is 15.6. The fraction of sp³-hybridized carbons (Fsp3) is 0.969. The molecule has 0 aliphatic carbocycles. The number of unbranched alkanes of at least 4 members (excludes halogenated alkanes) is 40. The third-order valence-electron chi connectivity index (χ3n) is 15.6. The lowest BCUT2D eigenvalue weighted by Gasteiger charge is -2.22. The van der Waals surface area contributed by atoms with E-state index in [1.165, 1.54) is 296 Å². The lowest BCUT2D eigenvalue weighted by atomic mass is 9.94. The molecule has 0 heterocycles. The van der Waals surface area contributed by atoms with Crippen molar-refractivity contribution in [3.05, 3.63) is 0 Å². The van der Waals surface area contributed by atoms with E-state index < -0.39 is 0 Å². The van der Waals surface area contributed by atoms with Crippen molar-refractivity contribution in [2.45, 2.75) is 362 Å². The number of rotatable bonds is 60. The molecule has 418 valence electrons. The molecular formula is C65H129NO4. The van der Waals surface area contributed by atoms with Crippen LogP contribution in [0.4, 0.5) is 0 Å². The van der Waals surface area contributed by atoms with Gasteiger partial charge in [0.25, 0.3) is 0 Å². The largest absolute Gasteiger partial charge is 0.465 e. The van der Waals surface area contributed by atoms with Gasteiger partial charge in [0.2, 0.25) is 0 Å². The average Bonchev–Trinajstić information content (AvgIpc) is 3.36. The molecule has 5 heteroatoms. The number of hydrogen-bond acceptors (Lipinski definition) is 5. The number of hydrogen-bond donors (Lipinski definition) is 0. The number of carbonyl (C=O) groups is 2. The summed E-state index contributed by atoms with van der Waals surface area (Å²) in [6, 6.07) is 0. The van der Waals surface area contributed by atoms with Crippen LogP contribution in [0.3, 0.4) is 0 Å². The van der Waals surface area contributed by atoms with E-state index in [9.17, 15) is 9.59 Å². The molecular weight excluding hydrogens is 859 g/mol. The summed E-state index contributed by atoms with van der Waals surface area (Å²) in [6.45, 7) is 16.2. The van der Waals surface area contributed by atoms with Gasteiger partial charge >= 0.3 is 11.9 Å². The van der Waals surface area contributed by atoms with Crippen LogP contribution in [0.1, 0.15) is 362 Å². The first-order valence-corrected chi connectivity index (χ1v) is 32.6. The highest BCUT2D eigenvalue weighted by Gasteiger charge is 2.21. The second-order valence-corrected chi connectivity index (χ2v) is 22.6. The Hall–Kier alpha value is -1.10. The van der Waals surface area contributed by atoms with Gasteiger partial charge in [0, 0.05) is 0 Å². The van der Waals surface area contributed by atoms with Crippen molar-refractivity contribution < 1.29 is 19.1 Å². The molecule has 0 aromatic rings. The Morgan fingerprint density at radius 1 is 0.257 bits per heavy atom. The van der Waals surface area contributed by atoms with Gasteiger partial charge in [0.15, 0.2) is 0 Å². The lowest BCUT2D eigenvalue weighted by molar-refractivity contribution is -0.150. The Kier molecular flexibility index (Phi) is 57.9. The highest BCUT2D eigenvalue weighted by molar-refractivity contribution is 5.72. The fourth-order valence-electron chi connectivity index (χ4n) is 10.6. The molecule has 2 atom stereocenters. The van der Waals surface area contributed by atoms with Crippen molar-refractivity contribution in [2.24, 2.45) is 11.8 Å². The number of esters is 2. The van der Waals surface area contributed by atoms with Crippen molar-refractivity contribution in [1.29, 1.82) is 0 Å². The van der Waals surface area contributed by atoms with Gasteiger partial charge in [0.1, 0.15) is 0 Å². The van der Waals surface area contributed by atoms with Crippen LogP contribution >= 0.6 is 0 Å². The van der Waals surface area contributed by atoms with Crippen molar-refractivity contribution in [2.75, 3.05) is 32.8 Å². The maximum absolute atomic E-state index is 13.3. The molecule has 0 spiro atoms. The van der Waals surface area contributed by atoms with Gasteiger partial charge in [-0.1, -0.05) is 304 Å². The van der Waals surface area contributed by atoms with Crippen LogP contribution in [0, 0.1) is 11.8 Å². The number of ether oxygens (including phenoxy) is 2. The molecule has 0 amide bonds. The van der Waals surface area contributed by atoms with Crippen LogP contribution in [0.2, 0.25) is 0 Å². The van der Waals surface area contributed by atoms with Crippen molar-refractivity contribution in [3.63, 3.8) is 0 Å². The van der Waals surface area contributed by atoms with Gasteiger partial charge in [-0.25, -0.2) is 0 Å². The van der Waals surface area contributed by atoms with Crippen LogP contribution < -0.4 is 0 Å². The van der Waals surface area contributed by atoms with E-state index >= 15 is 0 Å². The van der Waals surface area contributed by atoms with Crippen LogP contribution in [-0.2, 0) is 19.1 Å². The highest BCUT2D eigenvalue weighted by atomic mass is 16.5. The maximum Gasteiger partial charge on any atom is 0.308 e. The first-order valence-electron chi connectivity index (χ1n) is 32.6. The van der Waals surface area contributed by atoms with Gasteiger partial charge in [-0.05, 0) is 77.4 Å². The van der Waals surface area contributed by atoms with E-state index in [2.05, 4.69) is 39.5 Å². The zero-order valence-electron chi connectivity index (χ0n) is 48.8. The van der Waals surface area contributed by atoms with Gasteiger partial charge in [-0.2, -0.15) is 0 Å². The maximum atomic E-state index is 13.3. The smallest absolute Gasteiger partial charge is 0.308 e. The Bertz CT molecular complexity index is 944. The fourth-order valence-corrected chi connectivity index (χ4v) is 10.6. The van der Waals surface area contributed by atoms with Gasteiger partial charge in [0.05, 0.1) is 25.0 Å². The summed E-state index contributed by atoms with van der Waals surface area (Å²) in [6.07, 6.45) is 65.0. The zero-order valence-corrected chi connectivity index (χ0v) is 48.8. The molecule has 0 aliphatic rings. The molecule has 0 bridgehead atoms. The Balaban J connectivity index is 4.58. The molecule has 0 rings (SSSR count). The van der Waals surface area contributed by atoms with E-state index in [0.717, 1.165) is 51.4 Å². The minimum absolute atomic E-state index is 0.0944. The number of nitrogens with zero attached hydrogens (tertiary/aromatic N) is 1. The van der Waals surface area contributed by atoms with E-state index in [1.54, 1.807) is 0 Å². The summed E-state index contributed by atoms with van der Waals surface area (Å²) in [5, 5.41) is 0. The quantitative estimate of drug-likeness (QED) is 0.0449. The third kappa shape index (κ3) is 50.4. The van der Waals surface area contributed by atoms with Gasteiger partial charge in [-0.15, -0.1) is 0 Å². The second kappa shape index (κ2) is 58.8. The summed E-state index contributed by atoms with van der Waals surface area (Å²) >= 11 is 0. The summed E-state index contributed by atoms with van der Waals surface area (Å²) in [7, 11) is 0. The Labute approximate surface area is 440 Å². The predicted molar refractivity (Wildman–Crippen MR) is 309 cm³/mol. The topological polar surface area (TPSA) is 55.8 Å².